The monoisotopic (exact) mass is 470 g/mol. The van der Waals surface area contributed by atoms with Crippen LogP contribution in [-0.2, 0) is 23.9 Å². The smallest absolute Gasteiger partial charge is 0.320 e. The van der Waals surface area contributed by atoms with E-state index < -0.39 is 17.9 Å². The number of hydrogen-bond acceptors (Lipinski definition) is 5. The van der Waals surface area contributed by atoms with E-state index in [4.69, 9.17) is 9.47 Å². The quantitative estimate of drug-likeness (QED) is 0.354. The average Bonchev–Trinajstić information content (AvgIpc) is 3.15. The molecule has 4 aliphatic rings. The highest BCUT2D eigenvalue weighted by atomic mass is 16.6. The fourth-order valence-electron chi connectivity index (χ4n) is 8.28. The van der Waals surface area contributed by atoms with Crippen molar-refractivity contribution in [3.8, 4) is 0 Å². The Balaban J connectivity index is 1.54. The van der Waals surface area contributed by atoms with Crippen molar-refractivity contribution in [3.05, 3.63) is 23.8 Å². The van der Waals surface area contributed by atoms with E-state index in [1.165, 1.54) is 24.8 Å². The van der Waals surface area contributed by atoms with Gasteiger partial charge in [0.15, 0.2) is 11.7 Å². The van der Waals surface area contributed by atoms with Crippen molar-refractivity contribution in [1.29, 1.82) is 0 Å². The third-order valence-corrected chi connectivity index (χ3v) is 10.0. The molecule has 2 fully saturated rings. The minimum Gasteiger partial charge on any atom is -0.465 e. The van der Waals surface area contributed by atoms with Gasteiger partial charge in [0.1, 0.15) is 0 Å². The lowest BCUT2D eigenvalue weighted by molar-refractivity contribution is -0.163. The summed E-state index contributed by atoms with van der Waals surface area (Å²) in [5.41, 5.74) is 1.54. The molecule has 0 aliphatic heterocycles. The van der Waals surface area contributed by atoms with Gasteiger partial charge in [-0.2, -0.15) is 0 Å². The van der Waals surface area contributed by atoms with Crippen LogP contribution in [0.15, 0.2) is 23.8 Å². The van der Waals surface area contributed by atoms with Gasteiger partial charge in [-0.25, -0.2) is 0 Å². The molecule has 0 saturated heterocycles. The minimum atomic E-state index is -0.838. The lowest BCUT2D eigenvalue weighted by Gasteiger charge is -2.56. The highest BCUT2D eigenvalue weighted by molar-refractivity contribution is 5.95. The highest BCUT2D eigenvalue weighted by Gasteiger charge is 2.58. The Hall–Kier alpha value is -1.91. The van der Waals surface area contributed by atoms with Crippen LogP contribution in [0, 0.1) is 46.3 Å². The van der Waals surface area contributed by atoms with Crippen LogP contribution in [0.4, 0.5) is 0 Å². The van der Waals surface area contributed by atoms with Gasteiger partial charge < -0.3 is 9.47 Å². The molecule has 5 nitrogen and oxygen atoms in total. The van der Waals surface area contributed by atoms with Crippen LogP contribution in [0.3, 0.4) is 0 Å². The Morgan fingerprint density at radius 2 is 1.71 bits per heavy atom. The number of ether oxygens (including phenoxy) is 2. The maximum Gasteiger partial charge on any atom is 0.320 e. The summed E-state index contributed by atoms with van der Waals surface area (Å²) in [6.45, 7) is 11.1. The molecule has 0 bridgehead atoms. The van der Waals surface area contributed by atoms with Gasteiger partial charge in [-0.3, -0.25) is 14.4 Å². The first-order valence-corrected chi connectivity index (χ1v) is 13.4. The minimum absolute atomic E-state index is 0.108. The van der Waals surface area contributed by atoms with E-state index in [0.717, 1.165) is 12.8 Å². The Labute approximate surface area is 204 Å². The third-order valence-electron chi connectivity index (χ3n) is 10.0. The molecular formula is C29H42O5. The van der Waals surface area contributed by atoms with E-state index in [1.807, 2.05) is 6.08 Å². The van der Waals surface area contributed by atoms with Crippen LogP contribution >= 0.6 is 0 Å². The van der Waals surface area contributed by atoms with Crippen LogP contribution in [0.5, 0.6) is 0 Å². The molecule has 4 rings (SSSR count). The second-order valence-corrected chi connectivity index (χ2v) is 11.6. The fraction of sp³-hybridized carbons (Fsp3) is 0.759. The zero-order chi connectivity index (χ0) is 24.7. The summed E-state index contributed by atoms with van der Waals surface area (Å²) in [5.74, 6) is 0.962. The molecule has 34 heavy (non-hydrogen) atoms. The maximum absolute atomic E-state index is 12.6. The number of carbonyl (C=O) groups is 3. The lowest BCUT2D eigenvalue weighted by atomic mass is 9.48. The maximum atomic E-state index is 12.6. The highest BCUT2D eigenvalue weighted by Crippen LogP contribution is 2.66. The summed E-state index contributed by atoms with van der Waals surface area (Å²) in [7, 11) is 0. The van der Waals surface area contributed by atoms with Gasteiger partial charge in [0.2, 0.25) is 0 Å². The van der Waals surface area contributed by atoms with Crippen LogP contribution in [-0.4, -0.2) is 30.9 Å². The second-order valence-electron chi connectivity index (χ2n) is 11.6. The predicted molar refractivity (Wildman–Crippen MR) is 131 cm³/mol. The molecule has 188 valence electrons. The summed E-state index contributed by atoms with van der Waals surface area (Å²) >= 11 is 0. The number of fused-ring (bicyclic) bond motifs is 5. The van der Waals surface area contributed by atoms with E-state index in [1.54, 1.807) is 13.8 Å². The molecule has 0 N–H and O–H groups in total. The van der Waals surface area contributed by atoms with Gasteiger partial charge in [0.05, 0.1) is 13.2 Å². The first kappa shape index (κ1) is 25.2. The van der Waals surface area contributed by atoms with Gasteiger partial charge in [-0.1, -0.05) is 32.9 Å². The van der Waals surface area contributed by atoms with Crippen molar-refractivity contribution in [3.63, 3.8) is 0 Å². The molecule has 0 spiro atoms. The van der Waals surface area contributed by atoms with E-state index in [-0.39, 0.29) is 35.7 Å². The van der Waals surface area contributed by atoms with E-state index in [0.29, 0.717) is 36.5 Å². The van der Waals surface area contributed by atoms with Gasteiger partial charge in [0.25, 0.3) is 0 Å². The molecule has 1 unspecified atom stereocenters. The number of rotatable bonds is 7. The number of allylic oxidation sites excluding steroid dienone is 4. The molecule has 0 amide bonds. The molecule has 0 radical (unpaired) electrons. The molecule has 7 atom stereocenters. The molecular weight excluding hydrogens is 428 g/mol. The first-order valence-electron chi connectivity index (χ1n) is 13.4. The van der Waals surface area contributed by atoms with E-state index >= 15 is 0 Å². The third kappa shape index (κ3) is 4.18. The first-order chi connectivity index (χ1) is 16.2. The SMILES string of the molecule is CCOC(=O)C(CC(C)[C@H]1CC[C@H]2[C@@H]3C=CC4=CC(=O)CC[C@]4(C)[C@H]3CC[C@]12C)C(=O)OCC. The molecule has 0 aromatic rings. The van der Waals surface area contributed by atoms with Gasteiger partial charge in [0, 0.05) is 6.42 Å². The molecule has 4 aliphatic carbocycles. The largest absolute Gasteiger partial charge is 0.465 e. The average molecular weight is 471 g/mol. The number of carbonyl (C=O) groups excluding carboxylic acids is 3. The van der Waals surface area contributed by atoms with Crippen molar-refractivity contribution in [2.75, 3.05) is 13.2 Å². The summed E-state index contributed by atoms with van der Waals surface area (Å²) in [6.07, 6.45) is 13.3. The zero-order valence-corrected chi connectivity index (χ0v) is 21.6. The van der Waals surface area contributed by atoms with Crippen LogP contribution in [0.1, 0.15) is 79.6 Å². The Kier molecular flexibility index (Phi) is 7.13. The Bertz CT molecular complexity index is 869. The second kappa shape index (κ2) is 9.62. The van der Waals surface area contributed by atoms with Crippen molar-refractivity contribution in [2.24, 2.45) is 46.3 Å². The predicted octanol–water partition coefficient (Wildman–Crippen LogP) is 5.68. The zero-order valence-electron chi connectivity index (χ0n) is 21.6. The van der Waals surface area contributed by atoms with Gasteiger partial charge in [-0.05, 0) is 104 Å². The fourth-order valence-corrected chi connectivity index (χ4v) is 8.28. The summed E-state index contributed by atoms with van der Waals surface area (Å²) in [4.78, 5) is 37.2. The number of hydrogen-bond donors (Lipinski definition) is 0. The molecule has 0 aromatic carbocycles. The molecule has 0 heterocycles. The van der Waals surface area contributed by atoms with Gasteiger partial charge >= 0.3 is 11.9 Å². The lowest BCUT2D eigenvalue weighted by Crippen LogP contribution is -2.49. The van der Waals surface area contributed by atoms with E-state index in [9.17, 15) is 14.4 Å². The normalized spacial score (nSPS) is 37.4. The van der Waals surface area contributed by atoms with Crippen molar-refractivity contribution >= 4 is 17.7 Å². The number of ketones is 1. The topological polar surface area (TPSA) is 69.7 Å². The van der Waals surface area contributed by atoms with Crippen LogP contribution < -0.4 is 0 Å². The standard InChI is InChI=1S/C29H42O5/c1-6-33-26(31)22(27(32)34-7-2)16-18(3)23-10-11-24-21-9-8-19-17-20(30)12-14-28(19,4)25(21)13-15-29(23,24)5/h8-9,17-18,21-25H,6-7,10-16H2,1-5H3/t18?,21-,23+,24-,25-,28-,29+/m0/s1. The summed E-state index contributed by atoms with van der Waals surface area (Å²) in [6, 6.07) is 0. The van der Waals surface area contributed by atoms with Crippen molar-refractivity contribution in [1.82, 2.24) is 0 Å². The van der Waals surface area contributed by atoms with Crippen LogP contribution in [0.25, 0.3) is 0 Å². The number of esters is 2. The van der Waals surface area contributed by atoms with Crippen molar-refractivity contribution < 1.29 is 23.9 Å². The van der Waals surface area contributed by atoms with Crippen molar-refractivity contribution in [2.45, 2.75) is 79.6 Å². The molecule has 5 heteroatoms. The van der Waals surface area contributed by atoms with Crippen LogP contribution in [0.2, 0.25) is 0 Å². The molecule has 2 saturated carbocycles. The van der Waals surface area contributed by atoms with E-state index in [2.05, 4.69) is 32.9 Å². The summed E-state index contributed by atoms with van der Waals surface area (Å²) < 4.78 is 10.5. The van der Waals surface area contributed by atoms with Gasteiger partial charge in [-0.15, -0.1) is 0 Å². The Morgan fingerprint density at radius 3 is 2.35 bits per heavy atom. The molecule has 0 aromatic heterocycles. The Morgan fingerprint density at radius 1 is 1.03 bits per heavy atom. The summed E-state index contributed by atoms with van der Waals surface area (Å²) in [5, 5.41) is 0.